The third-order valence-electron chi connectivity index (χ3n) is 12.5. The van der Waals surface area contributed by atoms with E-state index in [0.717, 1.165) is 42.6 Å². The molecular formula is C39H44N2O5. The summed E-state index contributed by atoms with van der Waals surface area (Å²) in [5.41, 5.74) is 6.15. The van der Waals surface area contributed by atoms with Gasteiger partial charge in [-0.1, -0.05) is 73.5 Å². The molecule has 7 heteroatoms. The molecule has 1 unspecified atom stereocenters. The lowest BCUT2D eigenvalue weighted by atomic mass is 9.45. The fourth-order valence-electron chi connectivity index (χ4n) is 10.5. The van der Waals surface area contributed by atoms with Crippen LogP contribution in [-0.4, -0.2) is 56.5 Å². The van der Waals surface area contributed by atoms with Gasteiger partial charge >= 0.3 is 0 Å². The molecule has 3 saturated carbocycles. The van der Waals surface area contributed by atoms with Crippen LogP contribution in [0.1, 0.15) is 74.4 Å². The van der Waals surface area contributed by atoms with Crippen LogP contribution in [0.3, 0.4) is 0 Å². The van der Waals surface area contributed by atoms with Crippen LogP contribution in [0.15, 0.2) is 60.3 Å². The second-order valence-electron chi connectivity index (χ2n) is 15.0. The molecule has 2 aromatic carbocycles. The Morgan fingerprint density at radius 3 is 2.48 bits per heavy atom. The number of benzene rings is 2. The molecule has 0 amide bonds. The lowest BCUT2D eigenvalue weighted by molar-refractivity contribution is -0.199. The molecule has 4 aliphatic carbocycles. The second-order valence-corrected chi connectivity index (χ2v) is 15.0. The maximum absolute atomic E-state index is 13.4. The number of aryl methyl sites for hydroxylation is 1. The number of carbonyl (C=O) groups is 1. The van der Waals surface area contributed by atoms with E-state index in [0.29, 0.717) is 6.42 Å². The number of ketones is 1. The molecule has 1 aromatic heterocycles. The molecule has 0 bridgehead atoms. The van der Waals surface area contributed by atoms with Crippen molar-refractivity contribution in [2.45, 2.75) is 83.9 Å². The van der Waals surface area contributed by atoms with Crippen molar-refractivity contribution in [3.05, 3.63) is 88.2 Å². The Hall–Kier alpha value is -3.36. The smallest absolute Gasteiger partial charge is 0.193 e. The highest BCUT2D eigenvalue weighted by Gasteiger charge is 2.75. The van der Waals surface area contributed by atoms with E-state index in [9.17, 15) is 15.0 Å². The molecular weight excluding hydrogens is 576 g/mol. The Morgan fingerprint density at radius 2 is 1.78 bits per heavy atom. The fourth-order valence-corrected chi connectivity index (χ4v) is 10.5. The largest absolute Gasteiger partial charge is 0.393 e. The van der Waals surface area contributed by atoms with Gasteiger partial charge in [-0.2, -0.15) is 5.10 Å². The fraction of sp³-hybridized carbons (Fsp3) is 0.487. The van der Waals surface area contributed by atoms with Crippen LogP contribution in [0, 0.1) is 35.5 Å². The van der Waals surface area contributed by atoms with Crippen molar-refractivity contribution in [3.63, 3.8) is 0 Å². The Balaban J connectivity index is 1.05. The molecule has 0 radical (unpaired) electrons. The third-order valence-corrected chi connectivity index (χ3v) is 12.5. The topological polar surface area (TPSA) is 93.8 Å². The lowest BCUT2D eigenvalue weighted by Crippen LogP contribution is -2.63. The minimum absolute atomic E-state index is 0.0548. The van der Waals surface area contributed by atoms with Gasteiger partial charge in [0.05, 0.1) is 23.6 Å². The molecule has 9 atom stereocenters. The summed E-state index contributed by atoms with van der Waals surface area (Å²) >= 11 is 0. The van der Waals surface area contributed by atoms with Crippen molar-refractivity contribution in [2.24, 2.45) is 28.6 Å². The molecule has 1 aliphatic heterocycles. The van der Waals surface area contributed by atoms with Gasteiger partial charge in [0.15, 0.2) is 17.7 Å². The van der Waals surface area contributed by atoms with Crippen molar-refractivity contribution in [3.8, 4) is 5.69 Å². The number of ether oxygens (including phenoxy) is 2. The molecule has 46 heavy (non-hydrogen) atoms. The SMILES string of the molecule is Cc1ccc(/C=C/c2ccc(-n3cc4c(n3)C=C3CC[C@@H]5[C@H]([C@@H](O)C[C@@]6(C)[C@H]5C[C@H]5OC(C)O[C@]56C(=O)CO)[C@@]3(C)C4)cc2)cc1. The molecule has 2 N–H and O–H groups in total. The second kappa shape index (κ2) is 10.6. The van der Waals surface area contributed by atoms with E-state index in [1.165, 1.54) is 22.3 Å². The van der Waals surface area contributed by atoms with Gasteiger partial charge in [0.25, 0.3) is 0 Å². The maximum atomic E-state index is 13.4. The van der Waals surface area contributed by atoms with Gasteiger partial charge in [0, 0.05) is 11.6 Å². The normalized spacial score (nSPS) is 37.7. The Morgan fingerprint density at radius 1 is 1.09 bits per heavy atom. The number of hydrogen-bond donors (Lipinski definition) is 2. The standard InChI is InChI=1S/C39H44N2O5/c1-23-5-7-25(8-6-23)9-10-26-11-14-29(15-12-26)41-21-27-19-37(3)28(17-32(27)40-41)13-16-30-31-18-35-39(34(44)22-42,46-24(2)45-35)38(31,4)20-33(43)36(30)37/h5-12,14-15,17,21,24,30-31,33,35-36,42-43H,13,16,18-20,22H2,1-4H3/b10-9+/t24?,30-,31-,33-,35+,36+,37-,38-,39+/m0/s1. The van der Waals surface area contributed by atoms with Crippen LogP contribution < -0.4 is 0 Å². The number of Topliss-reactive ketones (excluding diaryl/α,β-unsaturated/α-hetero) is 1. The van der Waals surface area contributed by atoms with Crippen LogP contribution in [0.5, 0.6) is 0 Å². The first-order valence-corrected chi connectivity index (χ1v) is 16.9. The average molecular weight is 621 g/mol. The van der Waals surface area contributed by atoms with Gasteiger partial charge in [-0.05, 0) is 104 Å². The number of nitrogens with zero attached hydrogens (tertiary/aromatic N) is 2. The number of rotatable bonds is 5. The van der Waals surface area contributed by atoms with Gasteiger partial charge in [-0.25, -0.2) is 4.68 Å². The Kier molecular flexibility index (Phi) is 6.90. The summed E-state index contributed by atoms with van der Waals surface area (Å²) in [6.07, 6.45) is 11.1. The van der Waals surface area contributed by atoms with E-state index in [1.54, 1.807) is 0 Å². The van der Waals surface area contributed by atoms with Crippen LogP contribution in [0.2, 0.25) is 0 Å². The highest BCUT2D eigenvalue weighted by Crippen LogP contribution is 2.70. The van der Waals surface area contributed by atoms with Crippen LogP contribution >= 0.6 is 0 Å². The Labute approximate surface area is 270 Å². The molecule has 240 valence electrons. The number of carbonyl (C=O) groups excluding carboxylic acids is 1. The molecule has 0 spiro atoms. The summed E-state index contributed by atoms with van der Waals surface area (Å²) in [7, 11) is 0. The van der Waals surface area contributed by atoms with E-state index < -0.39 is 36.1 Å². The van der Waals surface area contributed by atoms with Crippen molar-refractivity contribution in [1.82, 2.24) is 9.78 Å². The molecule has 7 nitrogen and oxygen atoms in total. The van der Waals surface area contributed by atoms with Gasteiger partial charge < -0.3 is 19.7 Å². The molecule has 5 aliphatic rings. The van der Waals surface area contributed by atoms with E-state index in [1.807, 2.05) is 11.6 Å². The number of aliphatic hydroxyl groups is 2. The monoisotopic (exact) mass is 620 g/mol. The van der Waals surface area contributed by atoms with Crippen molar-refractivity contribution in [2.75, 3.05) is 6.61 Å². The minimum atomic E-state index is -1.21. The molecule has 2 heterocycles. The van der Waals surface area contributed by atoms with Crippen LogP contribution in [0.25, 0.3) is 23.9 Å². The van der Waals surface area contributed by atoms with Crippen LogP contribution in [-0.2, 0) is 20.7 Å². The number of aliphatic hydroxyl groups excluding tert-OH is 2. The molecule has 3 aromatic rings. The number of aromatic nitrogens is 2. The predicted molar refractivity (Wildman–Crippen MR) is 177 cm³/mol. The summed E-state index contributed by atoms with van der Waals surface area (Å²) in [4.78, 5) is 13.4. The molecule has 8 rings (SSSR count). The number of allylic oxidation sites excluding steroid dienone is 1. The van der Waals surface area contributed by atoms with Gasteiger partial charge in [0.2, 0.25) is 0 Å². The Bertz CT molecular complexity index is 1740. The highest BCUT2D eigenvalue weighted by molar-refractivity contribution is 5.91. The molecule has 4 fully saturated rings. The lowest BCUT2D eigenvalue weighted by Gasteiger charge is -2.60. The van der Waals surface area contributed by atoms with Gasteiger partial charge in [-0.3, -0.25) is 4.79 Å². The predicted octanol–water partition coefficient (Wildman–Crippen LogP) is 6.18. The quantitative estimate of drug-likeness (QED) is 0.331. The van der Waals surface area contributed by atoms with Gasteiger partial charge in [0.1, 0.15) is 6.61 Å². The highest BCUT2D eigenvalue weighted by atomic mass is 16.7. The third kappa shape index (κ3) is 4.25. The van der Waals surface area contributed by atoms with E-state index in [2.05, 4.69) is 93.7 Å². The van der Waals surface area contributed by atoms with E-state index in [4.69, 9.17) is 14.6 Å². The number of fused-ring (bicyclic) bond motifs is 8. The zero-order valence-corrected chi connectivity index (χ0v) is 27.1. The first-order chi connectivity index (χ1) is 22.1. The minimum Gasteiger partial charge on any atom is -0.393 e. The zero-order chi connectivity index (χ0) is 32.0. The summed E-state index contributed by atoms with van der Waals surface area (Å²) in [5, 5.41) is 27.1. The van der Waals surface area contributed by atoms with Crippen molar-refractivity contribution < 1.29 is 24.5 Å². The van der Waals surface area contributed by atoms with E-state index >= 15 is 0 Å². The first-order valence-electron chi connectivity index (χ1n) is 16.9. The maximum Gasteiger partial charge on any atom is 0.193 e. The summed E-state index contributed by atoms with van der Waals surface area (Å²) in [5.74, 6) is 0.129. The van der Waals surface area contributed by atoms with Crippen molar-refractivity contribution in [1.29, 1.82) is 0 Å². The zero-order valence-electron chi connectivity index (χ0n) is 27.1. The average Bonchev–Trinajstić information content (AvgIpc) is 3.67. The first kappa shape index (κ1) is 30.0. The summed E-state index contributed by atoms with van der Waals surface area (Å²) in [6.45, 7) is 7.77. The van der Waals surface area contributed by atoms with Crippen LogP contribution in [0.4, 0.5) is 0 Å². The molecule has 1 saturated heterocycles. The number of hydrogen-bond acceptors (Lipinski definition) is 6. The summed E-state index contributed by atoms with van der Waals surface area (Å²) < 4.78 is 14.5. The van der Waals surface area contributed by atoms with Crippen molar-refractivity contribution >= 4 is 24.0 Å². The van der Waals surface area contributed by atoms with E-state index in [-0.39, 0.29) is 29.0 Å². The summed E-state index contributed by atoms with van der Waals surface area (Å²) in [6, 6.07) is 17.0. The van der Waals surface area contributed by atoms with Gasteiger partial charge in [-0.15, -0.1) is 0 Å².